The summed E-state index contributed by atoms with van der Waals surface area (Å²) in [5, 5.41) is 2.58. The fourth-order valence-corrected chi connectivity index (χ4v) is 6.40. The van der Waals surface area contributed by atoms with E-state index in [4.69, 9.17) is 11.6 Å². The summed E-state index contributed by atoms with van der Waals surface area (Å²) in [6.07, 6.45) is 2.92. The molecule has 152 valence electrons. The lowest BCUT2D eigenvalue weighted by Crippen LogP contribution is -2.14. The van der Waals surface area contributed by atoms with Gasteiger partial charge in [-0.2, -0.15) is 0 Å². The van der Waals surface area contributed by atoms with Crippen molar-refractivity contribution in [2.75, 3.05) is 25.4 Å². The van der Waals surface area contributed by atoms with E-state index in [1.807, 2.05) is 57.5 Å². The molecule has 5 nitrogen and oxygen atoms in total. The van der Waals surface area contributed by atoms with Crippen molar-refractivity contribution < 1.29 is 8.42 Å². The van der Waals surface area contributed by atoms with Crippen LogP contribution in [0.25, 0.3) is 21.0 Å². The number of hydrogen-bond donors (Lipinski definition) is 2. The first-order chi connectivity index (χ1) is 13.7. The molecule has 2 heterocycles. The molecule has 8 heteroatoms. The molecule has 0 fully saturated rings. The molecule has 0 saturated heterocycles. The van der Waals surface area contributed by atoms with Crippen molar-refractivity contribution in [3.05, 3.63) is 58.7 Å². The largest absolute Gasteiger partial charge is 0.361 e. The molecule has 2 aromatic carbocycles. The Kier molecular flexibility index (Phi) is 5.33. The molecular weight excluding hydrogens is 426 g/mol. The van der Waals surface area contributed by atoms with Crippen LogP contribution in [0.3, 0.4) is 0 Å². The van der Waals surface area contributed by atoms with Gasteiger partial charge in [0.2, 0.25) is 0 Å². The maximum Gasteiger partial charge on any atom is 0.271 e. The molecule has 2 N–H and O–H groups in total. The number of sulfonamides is 1. The lowest BCUT2D eigenvalue weighted by atomic mass is 10.1. The number of aromatic amines is 1. The number of likely N-dealkylation sites (N-methyl/N-ethyl adjacent to an activating group) is 1. The number of hydrogen-bond acceptors (Lipinski definition) is 4. The van der Waals surface area contributed by atoms with Gasteiger partial charge in [0.05, 0.1) is 5.69 Å². The van der Waals surface area contributed by atoms with E-state index in [2.05, 4.69) is 14.6 Å². The molecule has 0 saturated carbocycles. The van der Waals surface area contributed by atoms with E-state index >= 15 is 0 Å². The van der Waals surface area contributed by atoms with Crippen LogP contribution in [0.1, 0.15) is 11.1 Å². The summed E-state index contributed by atoms with van der Waals surface area (Å²) in [7, 11) is 0.397. The number of fused-ring (bicyclic) bond motifs is 2. The summed E-state index contributed by atoms with van der Waals surface area (Å²) in [5.74, 6) is 0. The number of aromatic nitrogens is 1. The van der Waals surface area contributed by atoms with E-state index in [9.17, 15) is 8.42 Å². The molecular formula is C21H22ClN3O2S2. The van der Waals surface area contributed by atoms with Gasteiger partial charge in [-0.25, -0.2) is 8.42 Å². The molecule has 0 amide bonds. The SMILES string of the molecule is Cc1c(S(=O)(=O)Nc2ccc3c(CCN(C)C)c[nH]c3c2)sc2ccc(Cl)cc12. The number of nitrogens with zero attached hydrogens (tertiary/aromatic N) is 1. The van der Waals surface area contributed by atoms with Crippen molar-refractivity contribution in [3.8, 4) is 0 Å². The second kappa shape index (κ2) is 7.65. The van der Waals surface area contributed by atoms with E-state index in [0.717, 1.165) is 34.0 Å². The normalized spacial score (nSPS) is 12.3. The van der Waals surface area contributed by atoms with Crippen LogP contribution in [-0.4, -0.2) is 38.9 Å². The number of halogens is 1. The predicted octanol–water partition coefficient (Wildman–Crippen LogP) is 5.25. The van der Waals surface area contributed by atoms with Crippen LogP contribution in [-0.2, 0) is 16.4 Å². The Morgan fingerprint density at radius 3 is 2.69 bits per heavy atom. The number of H-pyrrole nitrogens is 1. The summed E-state index contributed by atoms with van der Waals surface area (Å²) < 4.78 is 30.0. The minimum atomic E-state index is -3.70. The fraction of sp³-hybridized carbons (Fsp3) is 0.238. The number of aryl methyl sites for hydroxylation is 1. The van der Waals surface area contributed by atoms with Crippen molar-refractivity contribution in [2.45, 2.75) is 17.6 Å². The average Bonchev–Trinajstić information content (AvgIpc) is 3.21. The van der Waals surface area contributed by atoms with Crippen molar-refractivity contribution in [3.63, 3.8) is 0 Å². The van der Waals surface area contributed by atoms with Crippen molar-refractivity contribution in [1.82, 2.24) is 9.88 Å². The number of nitrogens with one attached hydrogen (secondary N) is 2. The van der Waals surface area contributed by atoms with Gasteiger partial charge in [-0.1, -0.05) is 17.7 Å². The predicted molar refractivity (Wildman–Crippen MR) is 123 cm³/mol. The molecule has 0 atom stereocenters. The van der Waals surface area contributed by atoms with Crippen LogP contribution in [0.5, 0.6) is 0 Å². The highest BCUT2D eigenvalue weighted by molar-refractivity contribution is 7.94. The van der Waals surface area contributed by atoms with Crippen LogP contribution in [0.15, 0.2) is 46.8 Å². The minimum absolute atomic E-state index is 0.313. The third-order valence-corrected chi connectivity index (χ3v) is 8.46. The van der Waals surface area contributed by atoms with Crippen LogP contribution >= 0.6 is 22.9 Å². The zero-order valence-electron chi connectivity index (χ0n) is 16.4. The molecule has 0 unspecified atom stereocenters. The maximum absolute atomic E-state index is 13.0. The molecule has 0 bridgehead atoms. The molecule has 0 radical (unpaired) electrons. The molecule has 2 aromatic heterocycles. The monoisotopic (exact) mass is 447 g/mol. The third-order valence-electron chi connectivity index (χ3n) is 4.95. The Morgan fingerprint density at radius 1 is 1.14 bits per heavy atom. The van der Waals surface area contributed by atoms with Gasteiger partial charge in [-0.05, 0) is 74.3 Å². The minimum Gasteiger partial charge on any atom is -0.361 e. The second-order valence-corrected chi connectivity index (χ2v) is 10.8. The number of benzene rings is 2. The summed E-state index contributed by atoms with van der Waals surface area (Å²) in [6, 6.07) is 11.1. The highest BCUT2D eigenvalue weighted by Crippen LogP contribution is 2.36. The van der Waals surface area contributed by atoms with Crippen LogP contribution in [0, 0.1) is 6.92 Å². The molecule has 0 spiro atoms. The molecule has 4 rings (SSSR count). The standard InChI is InChI=1S/C21H22ClN3O2S2/c1-13-18-10-15(22)4-7-20(18)28-21(13)29(26,27)24-16-5-6-17-14(8-9-25(2)3)12-23-19(17)11-16/h4-7,10-12,23-24H,8-9H2,1-3H3. The van der Waals surface area contributed by atoms with Gasteiger partial charge in [0.15, 0.2) is 0 Å². The quantitative estimate of drug-likeness (QED) is 0.424. The molecule has 29 heavy (non-hydrogen) atoms. The average molecular weight is 448 g/mol. The summed E-state index contributed by atoms with van der Waals surface area (Å²) >= 11 is 7.33. The van der Waals surface area contributed by atoms with Crippen molar-refractivity contribution >= 4 is 59.6 Å². The van der Waals surface area contributed by atoms with Gasteiger partial charge in [0, 0.05) is 33.4 Å². The Balaban J connectivity index is 1.64. The first-order valence-corrected chi connectivity index (χ1v) is 11.9. The lowest BCUT2D eigenvalue weighted by molar-refractivity contribution is 0.414. The highest BCUT2D eigenvalue weighted by atomic mass is 35.5. The lowest BCUT2D eigenvalue weighted by Gasteiger charge is -2.09. The van der Waals surface area contributed by atoms with Gasteiger partial charge >= 0.3 is 0 Å². The maximum atomic E-state index is 13.0. The van der Waals surface area contributed by atoms with E-state index in [0.29, 0.717) is 20.5 Å². The zero-order valence-corrected chi connectivity index (χ0v) is 18.8. The number of rotatable bonds is 6. The Hall–Kier alpha value is -2.06. The zero-order chi connectivity index (χ0) is 20.8. The van der Waals surface area contributed by atoms with E-state index in [1.54, 1.807) is 6.07 Å². The molecule has 0 aliphatic carbocycles. The summed E-state index contributed by atoms with van der Waals surface area (Å²) in [4.78, 5) is 5.39. The molecule has 0 aliphatic rings. The first-order valence-electron chi connectivity index (χ1n) is 9.21. The van der Waals surface area contributed by atoms with Gasteiger partial charge in [0.1, 0.15) is 4.21 Å². The van der Waals surface area contributed by atoms with E-state index in [-0.39, 0.29) is 0 Å². The number of thiophene rings is 1. The van der Waals surface area contributed by atoms with Gasteiger partial charge in [-0.15, -0.1) is 11.3 Å². The van der Waals surface area contributed by atoms with E-state index < -0.39 is 10.0 Å². The van der Waals surface area contributed by atoms with Crippen molar-refractivity contribution in [2.24, 2.45) is 0 Å². The van der Waals surface area contributed by atoms with Crippen molar-refractivity contribution in [1.29, 1.82) is 0 Å². The second-order valence-electron chi connectivity index (χ2n) is 7.39. The highest BCUT2D eigenvalue weighted by Gasteiger charge is 2.22. The Morgan fingerprint density at radius 2 is 1.93 bits per heavy atom. The summed E-state index contributed by atoms with van der Waals surface area (Å²) in [5.41, 5.74) is 3.39. The van der Waals surface area contributed by atoms with Gasteiger partial charge in [-0.3, -0.25) is 4.72 Å². The smallest absolute Gasteiger partial charge is 0.271 e. The first kappa shape index (κ1) is 20.2. The van der Waals surface area contributed by atoms with Crippen LogP contribution in [0.2, 0.25) is 5.02 Å². The van der Waals surface area contributed by atoms with E-state index in [1.165, 1.54) is 16.9 Å². The van der Waals surface area contributed by atoms with Crippen LogP contribution < -0.4 is 4.72 Å². The molecule has 0 aliphatic heterocycles. The summed E-state index contributed by atoms with van der Waals surface area (Å²) in [6.45, 7) is 2.77. The topological polar surface area (TPSA) is 65.2 Å². The third kappa shape index (κ3) is 4.00. The van der Waals surface area contributed by atoms with Gasteiger partial charge in [0.25, 0.3) is 10.0 Å². The fourth-order valence-electron chi connectivity index (χ4n) is 3.43. The number of anilines is 1. The Labute approximate surface area is 179 Å². The van der Waals surface area contributed by atoms with Crippen LogP contribution in [0.4, 0.5) is 5.69 Å². The Bertz CT molecular complexity index is 1310. The van der Waals surface area contributed by atoms with Gasteiger partial charge < -0.3 is 9.88 Å². The molecule has 4 aromatic rings.